The van der Waals surface area contributed by atoms with Gasteiger partial charge in [0.25, 0.3) is 0 Å². The number of piperidine rings is 1. The summed E-state index contributed by atoms with van der Waals surface area (Å²) in [6.45, 7) is 6.30. The molecule has 0 aromatic heterocycles. The first kappa shape index (κ1) is 13.7. The Morgan fingerprint density at radius 1 is 1.22 bits per heavy atom. The summed E-state index contributed by atoms with van der Waals surface area (Å²) in [6, 6.07) is 0.178. The molecule has 1 heterocycles. The topological polar surface area (TPSA) is 49.8 Å². The largest absolute Gasteiger partial charge is 0.444 e. The molecule has 0 aromatic carbocycles. The minimum absolute atomic E-state index is 0.178. The van der Waals surface area contributed by atoms with Crippen molar-refractivity contribution in [2.45, 2.75) is 70.6 Å². The first-order chi connectivity index (χ1) is 8.38. The second-order valence-electron chi connectivity index (χ2n) is 6.55. The SMILES string of the molecule is CC(C)(C)OC(=O)N1CCC(O)C2CCCCC21. The van der Waals surface area contributed by atoms with Gasteiger partial charge in [-0.3, -0.25) is 0 Å². The van der Waals surface area contributed by atoms with Crippen molar-refractivity contribution >= 4 is 6.09 Å². The molecule has 2 aliphatic rings. The number of rotatable bonds is 0. The van der Waals surface area contributed by atoms with E-state index in [1.807, 2.05) is 25.7 Å². The van der Waals surface area contributed by atoms with E-state index in [9.17, 15) is 9.90 Å². The van der Waals surface area contributed by atoms with E-state index in [1.54, 1.807) is 0 Å². The molecule has 1 aliphatic carbocycles. The van der Waals surface area contributed by atoms with Gasteiger partial charge in [-0.25, -0.2) is 4.79 Å². The Morgan fingerprint density at radius 2 is 1.89 bits per heavy atom. The number of likely N-dealkylation sites (tertiary alicyclic amines) is 1. The molecule has 4 nitrogen and oxygen atoms in total. The molecule has 18 heavy (non-hydrogen) atoms. The van der Waals surface area contributed by atoms with Gasteiger partial charge in [0.15, 0.2) is 0 Å². The smallest absolute Gasteiger partial charge is 0.410 e. The average Bonchev–Trinajstić information content (AvgIpc) is 2.27. The van der Waals surface area contributed by atoms with Gasteiger partial charge in [-0.15, -0.1) is 0 Å². The Labute approximate surface area is 109 Å². The van der Waals surface area contributed by atoms with Crippen molar-refractivity contribution in [3.63, 3.8) is 0 Å². The maximum Gasteiger partial charge on any atom is 0.410 e. The van der Waals surface area contributed by atoms with Gasteiger partial charge in [-0.1, -0.05) is 12.8 Å². The molecular formula is C14H25NO3. The van der Waals surface area contributed by atoms with Crippen LogP contribution in [0.5, 0.6) is 0 Å². The van der Waals surface area contributed by atoms with E-state index in [-0.39, 0.29) is 24.2 Å². The molecule has 2 rings (SSSR count). The number of carbonyl (C=O) groups is 1. The lowest BCUT2D eigenvalue weighted by Crippen LogP contribution is -2.55. The van der Waals surface area contributed by atoms with Crippen LogP contribution in [0.25, 0.3) is 0 Å². The molecule has 0 bridgehead atoms. The predicted octanol–water partition coefficient (Wildman–Crippen LogP) is 2.55. The van der Waals surface area contributed by atoms with Crippen LogP contribution in [0.1, 0.15) is 52.9 Å². The lowest BCUT2D eigenvalue weighted by molar-refractivity contribution is -0.0485. The summed E-state index contributed by atoms with van der Waals surface area (Å²) in [5.41, 5.74) is -0.447. The molecule has 0 aromatic rings. The van der Waals surface area contributed by atoms with Gasteiger partial charge in [0, 0.05) is 18.5 Å². The third kappa shape index (κ3) is 2.97. The molecule has 1 saturated heterocycles. The molecule has 104 valence electrons. The zero-order valence-electron chi connectivity index (χ0n) is 11.7. The van der Waals surface area contributed by atoms with Crippen molar-refractivity contribution in [3.8, 4) is 0 Å². The predicted molar refractivity (Wildman–Crippen MR) is 69.3 cm³/mol. The van der Waals surface area contributed by atoms with Crippen LogP contribution in [0.4, 0.5) is 4.79 Å². The number of hydrogen-bond donors (Lipinski definition) is 1. The number of amides is 1. The fourth-order valence-electron chi connectivity index (χ4n) is 3.17. The molecule has 1 N–H and O–H groups in total. The van der Waals surface area contributed by atoms with Crippen molar-refractivity contribution in [1.82, 2.24) is 4.90 Å². The summed E-state index contributed by atoms with van der Waals surface area (Å²) in [4.78, 5) is 14.0. The number of hydrogen-bond acceptors (Lipinski definition) is 3. The molecule has 4 heteroatoms. The van der Waals surface area contributed by atoms with Crippen molar-refractivity contribution in [2.24, 2.45) is 5.92 Å². The monoisotopic (exact) mass is 255 g/mol. The number of ether oxygens (including phenoxy) is 1. The summed E-state index contributed by atoms with van der Waals surface area (Å²) in [5.74, 6) is 0.250. The average molecular weight is 255 g/mol. The number of aliphatic hydroxyl groups excluding tert-OH is 1. The molecule has 2 fully saturated rings. The number of nitrogens with zero attached hydrogens (tertiary/aromatic N) is 1. The highest BCUT2D eigenvalue weighted by atomic mass is 16.6. The normalized spacial score (nSPS) is 32.9. The molecular weight excluding hydrogens is 230 g/mol. The van der Waals surface area contributed by atoms with Crippen molar-refractivity contribution in [1.29, 1.82) is 0 Å². The minimum Gasteiger partial charge on any atom is -0.444 e. The van der Waals surface area contributed by atoms with Gasteiger partial charge in [0.2, 0.25) is 0 Å². The highest BCUT2D eigenvalue weighted by Gasteiger charge is 2.41. The summed E-state index contributed by atoms with van der Waals surface area (Å²) >= 11 is 0. The third-order valence-electron chi connectivity index (χ3n) is 3.97. The fraction of sp³-hybridized carbons (Fsp3) is 0.929. The lowest BCUT2D eigenvalue weighted by Gasteiger charge is -2.46. The summed E-state index contributed by atoms with van der Waals surface area (Å²) in [7, 11) is 0. The van der Waals surface area contributed by atoms with Gasteiger partial charge in [0.1, 0.15) is 5.60 Å². The van der Waals surface area contributed by atoms with Crippen molar-refractivity contribution in [3.05, 3.63) is 0 Å². The maximum atomic E-state index is 12.2. The fourth-order valence-corrected chi connectivity index (χ4v) is 3.17. The Balaban J connectivity index is 2.05. The van der Waals surface area contributed by atoms with E-state index in [2.05, 4.69) is 0 Å². The minimum atomic E-state index is -0.447. The highest BCUT2D eigenvalue weighted by molar-refractivity contribution is 5.68. The second kappa shape index (κ2) is 5.08. The standard InChI is InChI=1S/C14H25NO3/c1-14(2,3)18-13(17)15-9-8-12(16)10-6-4-5-7-11(10)15/h10-12,16H,4-9H2,1-3H3. The Bertz CT molecular complexity index is 311. The highest BCUT2D eigenvalue weighted by Crippen LogP contribution is 2.36. The van der Waals surface area contributed by atoms with Crippen LogP contribution in [-0.2, 0) is 4.74 Å². The summed E-state index contributed by atoms with van der Waals surface area (Å²) < 4.78 is 5.47. The van der Waals surface area contributed by atoms with Gasteiger partial charge >= 0.3 is 6.09 Å². The van der Waals surface area contributed by atoms with E-state index in [0.717, 1.165) is 19.3 Å². The molecule has 1 aliphatic heterocycles. The Kier molecular flexibility index (Phi) is 3.85. The third-order valence-corrected chi connectivity index (χ3v) is 3.97. The molecule has 3 atom stereocenters. The number of carbonyl (C=O) groups excluding carboxylic acids is 1. The first-order valence-corrected chi connectivity index (χ1v) is 7.06. The van der Waals surface area contributed by atoms with Crippen LogP contribution in [0.15, 0.2) is 0 Å². The zero-order valence-corrected chi connectivity index (χ0v) is 11.7. The second-order valence-corrected chi connectivity index (χ2v) is 6.55. The number of fused-ring (bicyclic) bond motifs is 1. The summed E-state index contributed by atoms with van der Waals surface area (Å²) in [5, 5.41) is 10.1. The van der Waals surface area contributed by atoms with Crippen LogP contribution in [-0.4, -0.2) is 40.4 Å². The van der Waals surface area contributed by atoms with Crippen LogP contribution in [0.3, 0.4) is 0 Å². The van der Waals surface area contributed by atoms with Gasteiger partial charge in [0.05, 0.1) is 6.10 Å². The van der Waals surface area contributed by atoms with Crippen LogP contribution < -0.4 is 0 Å². The Hall–Kier alpha value is -0.770. The molecule has 0 spiro atoms. The maximum absolute atomic E-state index is 12.2. The van der Waals surface area contributed by atoms with E-state index in [1.165, 1.54) is 6.42 Å². The van der Waals surface area contributed by atoms with Gasteiger partial charge in [-0.05, 0) is 40.0 Å². The first-order valence-electron chi connectivity index (χ1n) is 7.06. The quantitative estimate of drug-likeness (QED) is 0.723. The molecule has 1 saturated carbocycles. The van der Waals surface area contributed by atoms with Crippen LogP contribution >= 0.6 is 0 Å². The van der Waals surface area contributed by atoms with Crippen LogP contribution in [0, 0.1) is 5.92 Å². The van der Waals surface area contributed by atoms with Gasteiger partial charge in [-0.2, -0.15) is 0 Å². The number of aliphatic hydroxyl groups is 1. The molecule has 1 amide bonds. The van der Waals surface area contributed by atoms with E-state index >= 15 is 0 Å². The van der Waals surface area contributed by atoms with E-state index in [0.29, 0.717) is 13.0 Å². The summed E-state index contributed by atoms with van der Waals surface area (Å²) in [6.07, 6.45) is 4.57. The van der Waals surface area contributed by atoms with E-state index in [4.69, 9.17) is 4.74 Å². The van der Waals surface area contributed by atoms with E-state index < -0.39 is 5.60 Å². The molecule has 0 radical (unpaired) electrons. The lowest BCUT2D eigenvalue weighted by atomic mass is 9.77. The molecule has 3 unspecified atom stereocenters. The van der Waals surface area contributed by atoms with Crippen molar-refractivity contribution in [2.75, 3.05) is 6.54 Å². The van der Waals surface area contributed by atoms with Gasteiger partial charge < -0.3 is 14.7 Å². The van der Waals surface area contributed by atoms with Crippen molar-refractivity contribution < 1.29 is 14.6 Å². The van der Waals surface area contributed by atoms with Crippen LogP contribution in [0.2, 0.25) is 0 Å². The Morgan fingerprint density at radius 3 is 2.56 bits per heavy atom. The zero-order chi connectivity index (χ0) is 13.3.